The fourth-order valence-corrected chi connectivity index (χ4v) is 3.60. The summed E-state index contributed by atoms with van der Waals surface area (Å²) in [5.41, 5.74) is 1.65. The molecule has 0 unspecified atom stereocenters. The number of hydrogen-bond acceptors (Lipinski definition) is 10. The van der Waals surface area contributed by atoms with Gasteiger partial charge in [0.2, 0.25) is 5.95 Å². The third kappa shape index (κ3) is 4.77. The number of nitrogens with zero attached hydrogens (tertiary/aromatic N) is 6. The summed E-state index contributed by atoms with van der Waals surface area (Å²) in [5.74, 6) is 3.23. The summed E-state index contributed by atoms with van der Waals surface area (Å²) in [4.78, 5) is 34.1. The highest BCUT2D eigenvalue weighted by Gasteiger charge is 2.18. The molecule has 0 aliphatic carbocycles. The average molecular weight is 448 g/mol. The number of aryl methyl sites for hydroxylation is 1. The zero-order valence-corrected chi connectivity index (χ0v) is 18.5. The number of nitrogens with one attached hydrogen (secondary N) is 3. The molecule has 0 aromatic carbocycles. The molecule has 3 aromatic heterocycles. The van der Waals surface area contributed by atoms with Gasteiger partial charge in [0.1, 0.15) is 17.5 Å². The molecule has 0 saturated carbocycles. The summed E-state index contributed by atoms with van der Waals surface area (Å²) < 4.78 is 5.35. The molecule has 0 radical (unpaired) electrons. The highest BCUT2D eigenvalue weighted by atomic mass is 16.5. The maximum Gasteiger partial charge on any atom is 0.263 e. The van der Waals surface area contributed by atoms with Crippen molar-refractivity contribution in [1.82, 2.24) is 24.8 Å². The van der Waals surface area contributed by atoms with Crippen LogP contribution in [0.25, 0.3) is 0 Å². The van der Waals surface area contributed by atoms with Crippen molar-refractivity contribution in [1.29, 1.82) is 0 Å². The van der Waals surface area contributed by atoms with E-state index in [-0.39, 0.29) is 12.5 Å². The predicted molar refractivity (Wildman–Crippen MR) is 126 cm³/mol. The number of fused-ring (bicyclic) bond motifs is 1. The molecule has 0 bridgehead atoms. The number of aromatic nitrogens is 4. The van der Waals surface area contributed by atoms with Crippen molar-refractivity contribution in [3.8, 4) is 5.75 Å². The Morgan fingerprint density at radius 1 is 1.00 bits per heavy atom. The van der Waals surface area contributed by atoms with Crippen LogP contribution in [0.5, 0.6) is 5.75 Å². The normalized spacial score (nSPS) is 15.9. The van der Waals surface area contributed by atoms with Crippen LogP contribution in [0, 0.1) is 6.92 Å². The summed E-state index contributed by atoms with van der Waals surface area (Å²) in [6.45, 7) is 5.91. The zero-order valence-electron chi connectivity index (χ0n) is 18.5. The lowest BCUT2D eigenvalue weighted by Gasteiger charge is -2.33. The lowest BCUT2D eigenvalue weighted by Crippen LogP contribution is -2.44. The quantitative estimate of drug-likeness (QED) is 0.536. The van der Waals surface area contributed by atoms with Gasteiger partial charge in [0.15, 0.2) is 18.2 Å². The summed E-state index contributed by atoms with van der Waals surface area (Å²) in [6.07, 6.45) is 3.52. The molecule has 3 aromatic rings. The van der Waals surface area contributed by atoms with Crippen LogP contribution in [0.2, 0.25) is 0 Å². The van der Waals surface area contributed by atoms with E-state index in [0.717, 1.165) is 43.2 Å². The first kappa shape index (κ1) is 20.9. The van der Waals surface area contributed by atoms with E-state index >= 15 is 0 Å². The molecule has 33 heavy (non-hydrogen) atoms. The monoisotopic (exact) mass is 447 g/mol. The van der Waals surface area contributed by atoms with Crippen LogP contribution < -0.4 is 25.6 Å². The number of likely N-dealkylation sites (N-methyl/N-ethyl adjacent to an activating group) is 1. The van der Waals surface area contributed by atoms with Crippen molar-refractivity contribution in [3.05, 3.63) is 42.2 Å². The van der Waals surface area contributed by atoms with Crippen molar-refractivity contribution < 1.29 is 9.53 Å². The molecule has 11 heteroatoms. The molecule has 0 atom stereocenters. The Morgan fingerprint density at radius 2 is 1.85 bits per heavy atom. The van der Waals surface area contributed by atoms with E-state index in [1.807, 2.05) is 19.1 Å². The van der Waals surface area contributed by atoms with Gasteiger partial charge in [-0.25, -0.2) is 15.0 Å². The molecule has 1 saturated heterocycles. The number of carbonyl (C=O) groups excluding carboxylic acids is 1. The number of ether oxygens (including phenoxy) is 1. The van der Waals surface area contributed by atoms with E-state index in [9.17, 15) is 4.79 Å². The first-order valence-corrected chi connectivity index (χ1v) is 10.7. The molecular weight excluding hydrogens is 422 g/mol. The fraction of sp³-hybridized carbons (Fsp3) is 0.318. The lowest BCUT2D eigenvalue weighted by atomic mass is 10.3. The Labute approximate surface area is 191 Å². The van der Waals surface area contributed by atoms with Crippen LogP contribution in [-0.4, -0.2) is 70.6 Å². The largest absolute Gasteiger partial charge is 0.480 e. The van der Waals surface area contributed by atoms with Gasteiger partial charge in [-0.15, -0.1) is 0 Å². The van der Waals surface area contributed by atoms with Crippen molar-refractivity contribution in [2.24, 2.45) is 0 Å². The van der Waals surface area contributed by atoms with Gasteiger partial charge in [0, 0.05) is 37.9 Å². The first-order valence-electron chi connectivity index (χ1n) is 10.7. The SMILES string of the molecule is Cc1cnc(Nc2ccc(N3CCN(C)CC3)nc2)nc1Nc1ccc2c(n1)NC(=O)CO2. The maximum absolute atomic E-state index is 11.6. The van der Waals surface area contributed by atoms with Crippen molar-refractivity contribution in [2.75, 3.05) is 60.7 Å². The van der Waals surface area contributed by atoms with Gasteiger partial charge in [0.25, 0.3) is 5.91 Å². The van der Waals surface area contributed by atoms with Crippen molar-refractivity contribution in [2.45, 2.75) is 6.92 Å². The topological polar surface area (TPSA) is 120 Å². The van der Waals surface area contributed by atoms with E-state index in [1.165, 1.54) is 0 Å². The van der Waals surface area contributed by atoms with Gasteiger partial charge in [-0.3, -0.25) is 4.79 Å². The van der Waals surface area contributed by atoms with Gasteiger partial charge >= 0.3 is 0 Å². The Morgan fingerprint density at radius 3 is 2.64 bits per heavy atom. The van der Waals surface area contributed by atoms with Crippen LogP contribution in [0.15, 0.2) is 36.7 Å². The maximum atomic E-state index is 11.6. The Hall–Kier alpha value is -3.99. The van der Waals surface area contributed by atoms with Crippen LogP contribution in [0.1, 0.15) is 5.56 Å². The predicted octanol–water partition coefficient (Wildman–Crippen LogP) is 2.14. The number of piperazine rings is 1. The second-order valence-corrected chi connectivity index (χ2v) is 8.05. The van der Waals surface area contributed by atoms with Gasteiger partial charge in [0.05, 0.1) is 11.9 Å². The van der Waals surface area contributed by atoms with Gasteiger partial charge in [-0.05, 0) is 38.2 Å². The molecule has 5 heterocycles. The van der Waals surface area contributed by atoms with E-state index in [4.69, 9.17) is 4.74 Å². The molecular formula is C22H25N9O2. The first-order chi connectivity index (χ1) is 16.0. The number of carbonyl (C=O) groups is 1. The summed E-state index contributed by atoms with van der Waals surface area (Å²) in [7, 11) is 2.14. The van der Waals surface area contributed by atoms with E-state index in [0.29, 0.717) is 29.2 Å². The van der Waals surface area contributed by atoms with Gasteiger partial charge in [-0.1, -0.05) is 0 Å². The standard InChI is InChI=1S/C22H25N9O2/c1-14-11-24-22(25-15-3-6-18(23-12-15)31-9-7-30(2)8-10-31)29-20(14)26-17-5-4-16-21(27-17)28-19(32)13-33-16/h3-6,11-12H,7-10,13H2,1-2H3,(H3,24,25,26,27,28,29,32). The van der Waals surface area contributed by atoms with E-state index in [1.54, 1.807) is 24.5 Å². The molecule has 5 rings (SSSR count). The summed E-state index contributed by atoms with van der Waals surface area (Å²) in [5, 5.41) is 9.09. The van der Waals surface area contributed by atoms with Crippen LogP contribution in [0.3, 0.4) is 0 Å². The number of rotatable bonds is 5. The molecule has 11 nitrogen and oxygen atoms in total. The van der Waals surface area contributed by atoms with Gasteiger partial charge in [-0.2, -0.15) is 4.98 Å². The molecule has 170 valence electrons. The Balaban J connectivity index is 1.28. The third-order valence-electron chi connectivity index (χ3n) is 5.52. The Kier molecular flexibility index (Phi) is 5.61. The molecule has 2 aliphatic rings. The fourth-order valence-electron chi connectivity index (χ4n) is 3.60. The van der Waals surface area contributed by atoms with Crippen LogP contribution >= 0.6 is 0 Å². The Bertz CT molecular complexity index is 1160. The minimum Gasteiger partial charge on any atom is -0.480 e. The highest BCUT2D eigenvalue weighted by Crippen LogP contribution is 2.28. The minimum atomic E-state index is -0.232. The molecule has 3 N–H and O–H groups in total. The van der Waals surface area contributed by atoms with E-state index < -0.39 is 0 Å². The van der Waals surface area contributed by atoms with Crippen LogP contribution in [-0.2, 0) is 4.79 Å². The average Bonchev–Trinajstić information content (AvgIpc) is 2.82. The summed E-state index contributed by atoms with van der Waals surface area (Å²) in [6, 6.07) is 7.51. The van der Waals surface area contributed by atoms with Crippen molar-refractivity contribution >= 4 is 40.8 Å². The molecule has 2 aliphatic heterocycles. The zero-order chi connectivity index (χ0) is 22.8. The van der Waals surface area contributed by atoms with Gasteiger partial charge < -0.3 is 30.5 Å². The van der Waals surface area contributed by atoms with Crippen molar-refractivity contribution in [3.63, 3.8) is 0 Å². The number of pyridine rings is 2. The highest BCUT2D eigenvalue weighted by molar-refractivity contribution is 5.94. The number of anilines is 6. The second-order valence-electron chi connectivity index (χ2n) is 8.05. The van der Waals surface area contributed by atoms with Crippen LogP contribution in [0.4, 0.5) is 34.9 Å². The number of amides is 1. The van der Waals surface area contributed by atoms with E-state index in [2.05, 4.69) is 52.7 Å². The third-order valence-corrected chi connectivity index (χ3v) is 5.52. The second kappa shape index (κ2) is 8.87. The molecule has 1 fully saturated rings. The summed E-state index contributed by atoms with van der Waals surface area (Å²) >= 11 is 0. The minimum absolute atomic E-state index is 0.00723. The number of hydrogen-bond donors (Lipinski definition) is 3. The smallest absolute Gasteiger partial charge is 0.263 e. The molecule has 1 amide bonds. The lowest BCUT2D eigenvalue weighted by molar-refractivity contribution is -0.118. The molecule has 0 spiro atoms.